The molecule has 1 aromatic carbocycles. The van der Waals surface area contributed by atoms with Crippen LogP contribution in [0.1, 0.15) is 61.2 Å². The van der Waals surface area contributed by atoms with E-state index in [4.69, 9.17) is 4.74 Å². The standard InChI is InChI=1S/C26H28N4O5S2/c1-7-29(8-2)17-11-9-16(10-12-17)19-18(20(31)22-13(3)27-15(5)36-22)21(32)24(33)30(19)26-28-14(4)23(37-26)25(34)35-6/h9-12,19,32H,7-8H2,1-6H3. The summed E-state index contributed by atoms with van der Waals surface area (Å²) < 4.78 is 4.85. The zero-order valence-electron chi connectivity index (χ0n) is 21.5. The second-order valence-corrected chi connectivity index (χ2v) is 10.7. The Morgan fingerprint density at radius 3 is 2.19 bits per heavy atom. The number of methoxy groups -OCH3 is 1. The molecule has 0 aliphatic carbocycles. The summed E-state index contributed by atoms with van der Waals surface area (Å²) in [5.74, 6) is -2.43. The number of esters is 1. The van der Waals surface area contributed by atoms with E-state index in [1.54, 1.807) is 20.8 Å². The number of rotatable bonds is 8. The van der Waals surface area contributed by atoms with Gasteiger partial charge in [-0.3, -0.25) is 14.5 Å². The number of aliphatic hydroxyl groups is 1. The van der Waals surface area contributed by atoms with Crippen LogP contribution in [0.25, 0.3) is 0 Å². The van der Waals surface area contributed by atoms with Gasteiger partial charge in [0.15, 0.2) is 10.9 Å². The summed E-state index contributed by atoms with van der Waals surface area (Å²) in [5.41, 5.74) is 2.51. The first-order valence-electron chi connectivity index (χ1n) is 11.8. The Morgan fingerprint density at radius 2 is 1.65 bits per heavy atom. The van der Waals surface area contributed by atoms with Crippen molar-refractivity contribution in [3.8, 4) is 0 Å². The predicted molar refractivity (Wildman–Crippen MR) is 144 cm³/mol. The fourth-order valence-corrected chi connectivity index (χ4v) is 6.32. The van der Waals surface area contributed by atoms with Gasteiger partial charge in [-0.05, 0) is 52.3 Å². The van der Waals surface area contributed by atoms with E-state index in [1.807, 2.05) is 24.3 Å². The molecule has 1 amide bonds. The highest BCUT2D eigenvalue weighted by Gasteiger charge is 2.46. The topological polar surface area (TPSA) is 113 Å². The molecule has 11 heteroatoms. The van der Waals surface area contributed by atoms with E-state index in [9.17, 15) is 19.5 Å². The molecule has 3 aromatic rings. The molecule has 1 atom stereocenters. The van der Waals surface area contributed by atoms with Crippen molar-refractivity contribution in [3.63, 3.8) is 0 Å². The fraction of sp³-hybridized carbons (Fsp3) is 0.346. The Balaban J connectivity index is 1.87. The fourth-order valence-electron chi connectivity index (χ4n) is 4.44. The number of aromatic nitrogens is 2. The number of anilines is 2. The van der Waals surface area contributed by atoms with Crippen molar-refractivity contribution < 1.29 is 24.2 Å². The van der Waals surface area contributed by atoms with Crippen molar-refractivity contribution in [1.82, 2.24) is 9.97 Å². The number of hydrogen-bond donors (Lipinski definition) is 1. The number of carbonyl (C=O) groups is 3. The van der Waals surface area contributed by atoms with E-state index in [0.29, 0.717) is 26.8 Å². The monoisotopic (exact) mass is 540 g/mol. The second kappa shape index (κ2) is 10.4. The molecule has 194 valence electrons. The van der Waals surface area contributed by atoms with E-state index in [-0.39, 0.29) is 15.6 Å². The first-order valence-corrected chi connectivity index (χ1v) is 13.4. The van der Waals surface area contributed by atoms with Crippen LogP contribution in [-0.2, 0) is 9.53 Å². The zero-order chi connectivity index (χ0) is 27.0. The number of benzene rings is 1. The molecule has 0 bridgehead atoms. The predicted octanol–water partition coefficient (Wildman–Crippen LogP) is 4.94. The van der Waals surface area contributed by atoms with Gasteiger partial charge < -0.3 is 14.7 Å². The van der Waals surface area contributed by atoms with Gasteiger partial charge in [-0.2, -0.15) is 0 Å². The average molecular weight is 541 g/mol. The van der Waals surface area contributed by atoms with Gasteiger partial charge in [0.1, 0.15) is 4.88 Å². The number of Topliss-reactive ketones (excluding diaryl/α,β-unsaturated/α-hetero) is 1. The van der Waals surface area contributed by atoms with E-state index in [1.165, 1.54) is 23.3 Å². The number of carbonyl (C=O) groups excluding carboxylic acids is 3. The quantitative estimate of drug-likeness (QED) is 0.316. The molecular formula is C26H28N4O5S2. The molecule has 0 saturated heterocycles. The van der Waals surface area contributed by atoms with Gasteiger partial charge in [0.2, 0.25) is 5.78 Å². The maximum Gasteiger partial charge on any atom is 0.350 e. The molecule has 3 heterocycles. The molecule has 4 rings (SSSR count). The Kier molecular flexibility index (Phi) is 7.47. The number of nitrogens with zero attached hydrogens (tertiary/aromatic N) is 4. The average Bonchev–Trinajstić information content (AvgIpc) is 3.52. The van der Waals surface area contributed by atoms with E-state index in [2.05, 4.69) is 28.7 Å². The first-order chi connectivity index (χ1) is 17.6. The summed E-state index contributed by atoms with van der Waals surface area (Å²) in [6.07, 6.45) is 0. The van der Waals surface area contributed by atoms with Crippen LogP contribution in [0.4, 0.5) is 10.8 Å². The highest BCUT2D eigenvalue weighted by molar-refractivity contribution is 7.17. The summed E-state index contributed by atoms with van der Waals surface area (Å²) in [5, 5.41) is 11.9. The molecule has 1 N–H and O–H groups in total. The van der Waals surface area contributed by atoms with Crippen molar-refractivity contribution in [2.24, 2.45) is 0 Å². The molecule has 1 unspecified atom stereocenters. The lowest BCUT2D eigenvalue weighted by Crippen LogP contribution is -2.31. The van der Waals surface area contributed by atoms with Gasteiger partial charge >= 0.3 is 5.97 Å². The van der Waals surface area contributed by atoms with Gasteiger partial charge in [0.25, 0.3) is 5.91 Å². The number of aliphatic hydroxyl groups excluding tert-OH is 1. The molecule has 9 nitrogen and oxygen atoms in total. The Labute approximate surface area is 223 Å². The van der Waals surface area contributed by atoms with Crippen LogP contribution in [0.5, 0.6) is 0 Å². The van der Waals surface area contributed by atoms with Gasteiger partial charge in [-0.1, -0.05) is 23.5 Å². The third kappa shape index (κ3) is 4.64. The summed E-state index contributed by atoms with van der Waals surface area (Å²) in [6, 6.07) is 6.60. The van der Waals surface area contributed by atoms with Gasteiger partial charge in [0, 0.05) is 18.8 Å². The highest BCUT2D eigenvalue weighted by atomic mass is 32.1. The Bertz CT molecular complexity index is 1400. The lowest BCUT2D eigenvalue weighted by atomic mass is 9.95. The minimum atomic E-state index is -0.941. The Hall–Kier alpha value is -3.57. The van der Waals surface area contributed by atoms with Crippen molar-refractivity contribution in [2.45, 2.75) is 40.7 Å². The normalized spacial score (nSPS) is 15.5. The number of ketones is 1. The smallest absolute Gasteiger partial charge is 0.350 e. The van der Waals surface area contributed by atoms with Crippen LogP contribution in [0.2, 0.25) is 0 Å². The number of ether oxygens (including phenoxy) is 1. The molecule has 0 fully saturated rings. The van der Waals surface area contributed by atoms with Gasteiger partial charge in [0.05, 0.1) is 40.0 Å². The van der Waals surface area contributed by atoms with Crippen LogP contribution >= 0.6 is 22.7 Å². The molecule has 1 aliphatic rings. The van der Waals surface area contributed by atoms with Crippen LogP contribution in [0, 0.1) is 20.8 Å². The molecule has 2 aromatic heterocycles. The third-order valence-corrected chi connectivity index (χ3v) is 8.47. The minimum Gasteiger partial charge on any atom is -0.503 e. The first kappa shape index (κ1) is 26.5. The number of thiazole rings is 2. The number of amides is 1. The number of aryl methyl sites for hydroxylation is 3. The largest absolute Gasteiger partial charge is 0.503 e. The van der Waals surface area contributed by atoms with Crippen LogP contribution in [0.3, 0.4) is 0 Å². The Morgan fingerprint density at radius 1 is 1.03 bits per heavy atom. The molecule has 37 heavy (non-hydrogen) atoms. The molecule has 0 spiro atoms. The molecule has 1 aliphatic heterocycles. The molecule has 0 saturated carbocycles. The van der Waals surface area contributed by atoms with E-state index < -0.39 is 29.5 Å². The summed E-state index contributed by atoms with van der Waals surface area (Å²) >= 11 is 2.19. The highest BCUT2D eigenvalue weighted by Crippen LogP contribution is 2.44. The van der Waals surface area contributed by atoms with Crippen molar-refractivity contribution in [3.05, 3.63) is 67.3 Å². The van der Waals surface area contributed by atoms with E-state index >= 15 is 0 Å². The lowest BCUT2D eigenvalue weighted by molar-refractivity contribution is -0.117. The minimum absolute atomic E-state index is 0.0418. The SMILES string of the molecule is CCN(CC)c1ccc(C2C(C(=O)c3sc(C)nc3C)=C(O)C(=O)N2c2nc(C)c(C(=O)OC)s2)cc1. The third-order valence-electron chi connectivity index (χ3n) is 6.26. The maximum absolute atomic E-state index is 13.8. The lowest BCUT2D eigenvalue weighted by Gasteiger charge is -2.26. The van der Waals surface area contributed by atoms with Gasteiger partial charge in [-0.15, -0.1) is 11.3 Å². The van der Waals surface area contributed by atoms with Crippen LogP contribution in [-0.4, -0.2) is 52.9 Å². The van der Waals surface area contributed by atoms with Crippen molar-refractivity contribution in [2.75, 3.05) is 30.0 Å². The number of hydrogen-bond acceptors (Lipinski definition) is 10. The van der Waals surface area contributed by atoms with Crippen LogP contribution in [0.15, 0.2) is 35.6 Å². The summed E-state index contributed by atoms with van der Waals surface area (Å²) in [6.45, 7) is 10.9. The molecular weight excluding hydrogens is 512 g/mol. The van der Waals surface area contributed by atoms with Crippen molar-refractivity contribution in [1.29, 1.82) is 0 Å². The van der Waals surface area contributed by atoms with E-state index in [0.717, 1.165) is 30.1 Å². The van der Waals surface area contributed by atoms with Gasteiger partial charge in [-0.25, -0.2) is 14.8 Å². The summed E-state index contributed by atoms with van der Waals surface area (Å²) in [7, 11) is 1.27. The molecule has 0 radical (unpaired) electrons. The summed E-state index contributed by atoms with van der Waals surface area (Å²) in [4.78, 5) is 52.3. The second-order valence-electron chi connectivity index (χ2n) is 8.48. The maximum atomic E-state index is 13.8. The zero-order valence-corrected chi connectivity index (χ0v) is 23.1. The van der Waals surface area contributed by atoms with Crippen molar-refractivity contribution >= 4 is 51.2 Å². The van der Waals surface area contributed by atoms with Crippen LogP contribution < -0.4 is 9.80 Å².